The molecule has 142 valence electrons. The van der Waals surface area contributed by atoms with E-state index in [9.17, 15) is 9.90 Å². The van der Waals surface area contributed by atoms with E-state index in [1.54, 1.807) is 12.4 Å². The van der Waals surface area contributed by atoms with E-state index in [4.69, 9.17) is 0 Å². The lowest BCUT2D eigenvalue weighted by atomic mass is 9.71. The van der Waals surface area contributed by atoms with E-state index < -0.39 is 0 Å². The number of carbonyl (C=O) groups excluding carboxylic acids is 1. The van der Waals surface area contributed by atoms with Crippen LogP contribution in [0, 0.1) is 5.41 Å². The molecule has 0 aromatic carbocycles. The van der Waals surface area contributed by atoms with Gasteiger partial charge in [-0.15, -0.1) is 0 Å². The van der Waals surface area contributed by atoms with E-state index >= 15 is 0 Å². The van der Waals surface area contributed by atoms with Crippen LogP contribution in [0.2, 0.25) is 0 Å². The molecular formula is C20H30N4O2. The molecule has 0 bridgehead atoms. The quantitative estimate of drug-likeness (QED) is 0.895. The molecule has 0 unspecified atom stereocenters. The largest absolute Gasteiger partial charge is 0.393 e. The molecule has 4 rings (SSSR count). The zero-order valence-corrected chi connectivity index (χ0v) is 15.5. The molecule has 3 heterocycles. The Hall–Kier alpha value is -1.53. The molecule has 6 nitrogen and oxygen atoms in total. The summed E-state index contributed by atoms with van der Waals surface area (Å²) in [4.78, 5) is 25.8. The molecular weight excluding hydrogens is 328 g/mol. The summed E-state index contributed by atoms with van der Waals surface area (Å²) >= 11 is 0. The lowest BCUT2D eigenvalue weighted by Gasteiger charge is -2.50. The zero-order valence-electron chi connectivity index (χ0n) is 15.5. The van der Waals surface area contributed by atoms with E-state index in [1.807, 2.05) is 6.07 Å². The third-order valence-corrected chi connectivity index (χ3v) is 6.70. The summed E-state index contributed by atoms with van der Waals surface area (Å²) in [5.74, 6) is 1.22. The molecule has 3 aliphatic rings. The first kappa shape index (κ1) is 17.9. The van der Waals surface area contributed by atoms with Crippen molar-refractivity contribution < 1.29 is 9.90 Å². The van der Waals surface area contributed by atoms with Crippen LogP contribution in [0.25, 0.3) is 0 Å². The van der Waals surface area contributed by atoms with Crippen molar-refractivity contribution in [1.29, 1.82) is 0 Å². The van der Waals surface area contributed by atoms with Gasteiger partial charge in [0.15, 0.2) is 0 Å². The fourth-order valence-electron chi connectivity index (χ4n) is 4.95. The Bertz CT molecular complexity index is 607. The Labute approximate surface area is 155 Å². The maximum absolute atomic E-state index is 12.5. The van der Waals surface area contributed by atoms with Crippen molar-refractivity contribution in [2.24, 2.45) is 5.41 Å². The van der Waals surface area contributed by atoms with Crippen molar-refractivity contribution >= 4 is 5.91 Å². The average molecular weight is 358 g/mol. The van der Waals surface area contributed by atoms with Gasteiger partial charge in [0, 0.05) is 31.4 Å². The van der Waals surface area contributed by atoms with Gasteiger partial charge >= 0.3 is 0 Å². The van der Waals surface area contributed by atoms with Crippen LogP contribution < -0.4 is 0 Å². The number of rotatable bonds is 3. The number of hydrogen-bond donors (Lipinski definition) is 1. The lowest BCUT2D eigenvalue weighted by molar-refractivity contribution is -0.143. The highest BCUT2D eigenvalue weighted by molar-refractivity contribution is 5.77. The number of aliphatic hydroxyl groups excluding tert-OH is 1. The van der Waals surface area contributed by atoms with Gasteiger partial charge < -0.3 is 10.0 Å². The Morgan fingerprint density at radius 3 is 2.46 bits per heavy atom. The highest BCUT2D eigenvalue weighted by Crippen LogP contribution is 2.42. The van der Waals surface area contributed by atoms with Crippen LogP contribution >= 0.6 is 0 Å². The average Bonchev–Trinajstić information content (AvgIpc) is 2.68. The number of hydrogen-bond acceptors (Lipinski definition) is 5. The van der Waals surface area contributed by atoms with Crippen LogP contribution in [0.15, 0.2) is 18.5 Å². The fourth-order valence-corrected chi connectivity index (χ4v) is 4.95. The van der Waals surface area contributed by atoms with Gasteiger partial charge in [0.2, 0.25) is 5.91 Å². The standard InChI is InChI=1S/C20H30N4O2/c25-17-4-2-16(3-5-17)24-15-20(7-6-19(24)26)8-12-23(13-9-20)14-18-21-10-1-11-22-18/h1,10-11,16-17,25H,2-9,12-15H2. The third-order valence-electron chi connectivity index (χ3n) is 6.70. The smallest absolute Gasteiger partial charge is 0.222 e. The number of likely N-dealkylation sites (tertiary alicyclic amines) is 2. The lowest BCUT2D eigenvalue weighted by Crippen LogP contribution is -2.55. The topological polar surface area (TPSA) is 69.6 Å². The van der Waals surface area contributed by atoms with Gasteiger partial charge in [-0.3, -0.25) is 9.69 Å². The molecule has 1 aromatic rings. The van der Waals surface area contributed by atoms with Gasteiger partial charge in [0.1, 0.15) is 5.82 Å². The van der Waals surface area contributed by atoms with E-state index in [0.717, 1.165) is 76.9 Å². The zero-order chi connectivity index (χ0) is 18.0. The van der Waals surface area contributed by atoms with Gasteiger partial charge in [-0.2, -0.15) is 0 Å². The Balaban J connectivity index is 1.35. The molecule has 1 saturated carbocycles. The molecule has 0 radical (unpaired) electrons. The van der Waals surface area contributed by atoms with Gasteiger partial charge in [0.05, 0.1) is 12.6 Å². The molecule has 3 fully saturated rings. The highest BCUT2D eigenvalue weighted by atomic mass is 16.3. The Morgan fingerprint density at radius 1 is 1.08 bits per heavy atom. The minimum atomic E-state index is -0.163. The fraction of sp³-hybridized carbons (Fsp3) is 0.750. The first-order valence-corrected chi connectivity index (χ1v) is 10.1. The monoisotopic (exact) mass is 358 g/mol. The van der Waals surface area contributed by atoms with Crippen LogP contribution in [0.3, 0.4) is 0 Å². The summed E-state index contributed by atoms with van der Waals surface area (Å²) in [7, 11) is 0. The van der Waals surface area contributed by atoms with E-state index in [-0.39, 0.29) is 11.5 Å². The molecule has 1 amide bonds. The summed E-state index contributed by atoms with van der Waals surface area (Å²) in [6.45, 7) is 3.86. The molecule has 1 aliphatic carbocycles. The van der Waals surface area contributed by atoms with Gasteiger partial charge in [-0.25, -0.2) is 9.97 Å². The van der Waals surface area contributed by atoms with Crippen LogP contribution in [0.5, 0.6) is 0 Å². The van der Waals surface area contributed by atoms with Crippen LogP contribution in [-0.2, 0) is 11.3 Å². The number of nitrogens with zero attached hydrogens (tertiary/aromatic N) is 4. The second-order valence-corrected chi connectivity index (χ2v) is 8.43. The number of aromatic nitrogens is 2. The summed E-state index contributed by atoms with van der Waals surface area (Å²) in [6, 6.07) is 2.20. The van der Waals surface area contributed by atoms with Gasteiger partial charge in [-0.1, -0.05) is 0 Å². The molecule has 26 heavy (non-hydrogen) atoms. The number of amides is 1. The third kappa shape index (κ3) is 3.91. The van der Waals surface area contributed by atoms with Crippen molar-refractivity contribution in [2.45, 2.75) is 70.1 Å². The second-order valence-electron chi connectivity index (χ2n) is 8.43. The molecule has 0 atom stereocenters. The number of carbonyl (C=O) groups is 1. The van der Waals surface area contributed by atoms with E-state index in [2.05, 4.69) is 19.8 Å². The molecule has 1 N–H and O–H groups in total. The minimum Gasteiger partial charge on any atom is -0.393 e. The molecule has 1 spiro atoms. The molecule has 1 aromatic heterocycles. The summed E-state index contributed by atoms with van der Waals surface area (Å²) in [6.07, 6.45) is 11.1. The normalized spacial score (nSPS) is 29.9. The van der Waals surface area contributed by atoms with Crippen LogP contribution in [0.1, 0.15) is 57.2 Å². The summed E-state index contributed by atoms with van der Waals surface area (Å²) in [5.41, 5.74) is 0.290. The second kappa shape index (κ2) is 7.61. The predicted octanol–water partition coefficient (Wildman–Crippen LogP) is 1.98. The van der Waals surface area contributed by atoms with Crippen LogP contribution in [0.4, 0.5) is 0 Å². The first-order chi connectivity index (χ1) is 12.6. The SMILES string of the molecule is O=C1CCC2(CCN(Cc3ncccn3)CC2)CN1C1CCC(O)CC1. The molecule has 2 saturated heterocycles. The maximum Gasteiger partial charge on any atom is 0.222 e. The Morgan fingerprint density at radius 2 is 1.77 bits per heavy atom. The van der Waals surface area contributed by atoms with Crippen molar-refractivity contribution in [3.05, 3.63) is 24.3 Å². The van der Waals surface area contributed by atoms with E-state index in [1.165, 1.54) is 0 Å². The highest BCUT2D eigenvalue weighted by Gasteiger charge is 2.43. The summed E-state index contributed by atoms with van der Waals surface area (Å²) < 4.78 is 0. The van der Waals surface area contributed by atoms with Gasteiger partial charge in [-0.05, 0) is 69.5 Å². The first-order valence-electron chi connectivity index (χ1n) is 10.1. The predicted molar refractivity (Wildman–Crippen MR) is 98.2 cm³/mol. The number of piperidine rings is 2. The van der Waals surface area contributed by atoms with Crippen molar-refractivity contribution in [2.75, 3.05) is 19.6 Å². The molecule has 2 aliphatic heterocycles. The Kier molecular flexibility index (Phi) is 5.23. The minimum absolute atomic E-state index is 0.163. The van der Waals surface area contributed by atoms with Crippen LogP contribution in [-0.4, -0.2) is 62.6 Å². The maximum atomic E-state index is 12.5. The van der Waals surface area contributed by atoms with Gasteiger partial charge in [0.25, 0.3) is 0 Å². The van der Waals surface area contributed by atoms with Crippen molar-refractivity contribution in [1.82, 2.24) is 19.8 Å². The number of aliphatic hydroxyl groups is 1. The summed E-state index contributed by atoms with van der Waals surface area (Å²) in [5, 5.41) is 9.76. The molecule has 6 heteroatoms. The van der Waals surface area contributed by atoms with Crippen molar-refractivity contribution in [3.8, 4) is 0 Å². The van der Waals surface area contributed by atoms with E-state index in [0.29, 0.717) is 18.4 Å². The van der Waals surface area contributed by atoms with Crippen molar-refractivity contribution in [3.63, 3.8) is 0 Å².